The minimum Gasteiger partial charge on any atom is -0.497 e. The molecular formula is C27H26N2O5. The summed E-state index contributed by atoms with van der Waals surface area (Å²) in [6.45, 7) is 6.23. The van der Waals surface area contributed by atoms with Crippen molar-refractivity contribution in [3.63, 3.8) is 0 Å². The number of nitrogens with one attached hydrogen (secondary N) is 2. The van der Waals surface area contributed by atoms with Crippen LogP contribution in [0.15, 0.2) is 50.4 Å². The van der Waals surface area contributed by atoms with Crippen molar-refractivity contribution < 1.29 is 18.4 Å². The third-order valence-corrected chi connectivity index (χ3v) is 6.50. The van der Waals surface area contributed by atoms with Crippen LogP contribution in [0, 0.1) is 20.8 Å². The molecule has 7 nitrogen and oxygen atoms in total. The number of amides is 1. The summed E-state index contributed by atoms with van der Waals surface area (Å²) in [7, 11) is 1.64. The van der Waals surface area contributed by atoms with Gasteiger partial charge < -0.3 is 23.9 Å². The van der Waals surface area contributed by atoms with Crippen LogP contribution in [-0.2, 0) is 17.6 Å². The highest BCUT2D eigenvalue weighted by atomic mass is 16.5. The van der Waals surface area contributed by atoms with Gasteiger partial charge in [-0.25, -0.2) is 4.79 Å². The number of rotatable bonds is 6. The molecule has 0 saturated carbocycles. The molecule has 0 aliphatic rings. The van der Waals surface area contributed by atoms with Gasteiger partial charge in [0.1, 0.15) is 16.9 Å². The summed E-state index contributed by atoms with van der Waals surface area (Å²) in [4.78, 5) is 28.7. The first-order valence-electron chi connectivity index (χ1n) is 11.2. The lowest BCUT2D eigenvalue weighted by molar-refractivity contribution is -0.120. The smallest absolute Gasteiger partial charge is 0.340 e. The van der Waals surface area contributed by atoms with E-state index in [0.717, 1.165) is 44.1 Å². The zero-order chi connectivity index (χ0) is 24.0. The van der Waals surface area contributed by atoms with E-state index in [4.69, 9.17) is 13.6 Å². The average molecular weight is 459 g/mol. The van der Waals surface area contributed by atoms with Crippen molar-refractivity contribution in [1.82, 2.24) is 10.3 Å². The molecule has 7 heteroatoms. The Balaban J connectivity index is 1.36. The maximum absolute atomic E-state index is 12.7. The first-order valence-corrected chi connectivity index (χ1v) is 11.2. The molecule has 3 heterocycles. The van der Waals surface area contributed by atoms with E-state index < -0.39 is 5.63 Å². The van der Waals surface area contributed by atoms with Crippen LogP contribution < -0.4 is 15.7 Å². The van der Waals surface area contributed by atoms with Gasteiger partial charge in [0.25, 0.3) is 0 Å². The van der Waals surface area contributed by atoms with Crippen LogP contribution in [0.3, 0.4) is 0 Å². The number of furan rings is 1. The number of aromatic nitrogens is 1. The number of hydrogen-bond donors (Lipinski definition) is 2. The van der Waals surface area contributed by atoms with Crippen molar-refractivity contribution >= 4 is 38.7 Å². The van der Waals surface area contributed by atoms with Gasteiger partial charge in [-0.15, -0.1) is 0 Å². The fourth-order valence-corrected chi connectivity index (χ4v) is 4.73. The Morgan fingerprint density at radius 1 is 1.12 bits per heavy atom. The van der Waals surface area contributed by atoms with E-state index in [1.165, 1.54) is 0 Å². The van der Waals surface area contributed by atoms with E-state index in [1.807, 2.05) is 51.2 Å². The maximum atomic E-state index is 12.7. The summed E-state index contributed by atoms with van der Waals surface area (Å²) in [6, 6.07) is 7.71. The van der Waals surface area contributed by atoms with Gasteiger partial charge in [0.15, 0.2) is 0 Å². The zero-order valence-electron chi connectivity index (χ0n) is 19.6. The molecule has 5 rings (SSSR count). The van der Waals surface area contributed by atoms with Gasteiger partial charge in [-0.1, -0.05) is 0 Å². The van der Waals surface area contributed by atoms with E-state index in [-0.39, 0.29) is 12.3 Å². The third kappa shape index (κ3) is 3.63. The molecule has 5 aromatic rings. The predicted molar refractivity (Wildman–Crippen MR) is 132 cm³/mol. The van der Waals surface area contributed by atoms with Gasteiger partial charge in [0.2, 0.25) is 5.91 Å². The molecule has 2 aromatic carbocycles. The topological polar surface area (TPSA) is 97.5 Å². The Labute approximate surface area is 195 Å². The van der Waals surface area contributed by atoms with Crippen molar-refractivity contribution in [3.8, 4) is 5.75 Å². The van der Waals surface area contributed by atoms with Crippen molar-refractivity contribution in [2.75, 3.05) is 13.7 Å². The van der Waals surface area contributed by atoms with Crippen molar-refractivity contribution in [1.29, 1.82) is 0 Å². The molecule has 3 aromatic heterocycles. The van der Waals surface area contributed by atoms with E-state index in [1.54, 1.807) is 13.4 Å². The molecule has 174 valence electrons. The average Bonchev–Trinajstić information content (AvgIpc) is 3.40. The lowest BCUT2D eigenvalue weighted by Crippen LogP contribution is -2.29. The van der Waals surface area contributed by atoms with Crippen LogP contribution in [0.2, 0.25) is 0 Å². The van der Waals surface area contributed by atoms with Gasteiger partial charge in [-0.2, -0.15) is 0 Å². The molecule has 0 unspecified atom stereocenters. The summed E-state index contributed by atoms with van der Waals surface area (Å²) in [6.07, 6.45) is 4.24. The minimum atomic E-state index is -0.495. The number of carbonyl (C=O) groups is 1. The lowest BCUT2D eigenvalue weighted by Gasteiger charge is -2.10. The quantitative estimate of drug-likeness (QED) is 0.354. The first kappa shape index (κ1) is 21.8. The van der Waals surface area contributed by atoms with E-state index >= 15 is 0 Å². The van der Waals surface area contributed by atoms with Crippen LogP contribution in [0.5, 0.6) is 5.75 Å². The summed E-state index contributed by atoms with van der Waals surface area (Å²) in [5, 5.41) is 5.74. The molecule has 0 fully saturated rings. The summed E-state index contributed by atoms with van der Waals surface area (Å²) in [5.41, 5.74) is 5.83. The number of fused-ring (bicyclic) bond motifs is 4. The number of methoxy groups -OCH3 is 1. The Bertz CT molecular complexity index is 1620. The molecule has 0 atom stereocenters. The van der Waals surface area contributed by atoms with E-state index in [2.05, 4.69) is 10.3 Å². The van der Waals surface area contributed by atoms with Crippen LogP contribution in [0.25, 0.3) is 32.8 Å². The number of aromatic amines is 1. The van der Waals surface area contributed by atoms with Gasteiger partial charge in [0, 0.05) is 29.0 Å². The first-order chi connectivity index (χ1) is 16.4. The standard InChI is InChI=1S/C27H26N2O5/c1-14-9-22-25(26-24(14)15(2)13-33-26)16(3)19(27(31)34-22)11-23(30)28-8-7-17-12-29-21-6-5-18(32-4)10-20(17)21/h5-6,9-10,12-13,29H,7-8,11H2,1-4H3,(H,28,30). The number of H-pyrrole nitrogens is 1. The molecule has 0 bridgehead atoms. The Hall–Kier alpha value is -4.00. The summed E-state index contributed by atoms with van der Waals surface area (Å²) < 4.78 is 16.7. The van der Waals surface area contributed by atoms with Gasteiger partial charge in [-0.05, 0) is 73.7 Å². The highest BCUT2D eigenvalue weighted by molar-refractivity contribution is 6.07. The van der Waals surface area contributed by atoms with Crippen LogP contribution >= 0.6 is 0 Å². The summed E-state index contributed by atoms with van der Waals surface area (Å²) >= 11 is 0. The molecule has 0 aliphatic heterocycles. The van der Waals surface area contributed by atoms with Crippen molar-refractivity contribution in [2.24, 2.45) is 0 Å². The van der Waals surface area contributed by atoms with Crippen molar-refractivity contribution in [2.45, 2.75) is 33.6 Å². The predicted octanol–water partition coefficient (Wildman–Crippen LogP) is 4.86. The normalized spacial score (nSPS) is 11.5. The molecule has 0 aliphatic carbocycles. The number of hydrogen-bond acceptors (Lipinski definition) is 5. The van der Waals surface area contributed by atoms with Gasteiger partial charge in [0.05, 0.1) is 30.7 Å². The Morgan fingerprint density at radius 2 is 1.94 bits per heavy atom. The molecule has 0 saturated heterocycles. The number of benzene rings is 2. The molecule has 2 N–H and O–H groups in total. The van der Waals surface area contributed by atoms with Gasteiger partial charge >= 0.3 is 5.63 Å². The number of carbonyl (C=O) groups excluding carboxylic acids is 1. The fourth-order valence-electron chi connectivity index (χ4n) is 4.73. The van der Waals surface area contributed by atoms with Crippen molar-refractivity contribution in [3.05, 3.63) is 75.0 Å². The molecular weight excluding hydrogens is 432 g/mol. The highest BCUT2D eigenvalue weighted by Crippen LogP contribution is 2.34. The maximum Gasteiger partial charge on any atom is 0.340 e. The third-order valence-electron chi connectivity index (χ3n) is 6.50. The summed E-state index contributed by atoms with van der Waals surface area (Å²) in [5.74, 6) is 0.554. The van der Waals surface area contributed by atoms with E-state index in [9.17, 15) is 9.59 Å². The lowest BCUT2D eigenvalue weighted by atomic mass is 9.99. The Morgan fingerprint density at radius 3 is 2.74 bits per heavy atom. The van der Waals surface area contributed by atoms with Crippen LogP contribution in [0.1, 0.15) is 27.8 Å². The highest BCUT2D eigenvalue weighted by Gasteiger charge is 2.20. The molecule has 0 spiro atoms. The fraction of sp³-hybridized carbons (Fsp3) is 0.259. The number of ether oxygens (including phenoxy) is 1. The second-order valence-electron chi connectivity index (χ2n) is 8.68. The number of aryl methyl sites for hydroxylation is 3. The second-order valence-corrected chi connectivity index (χ2v) is 8.68. The van der Waals surface area contributed by atoms with Gasteiger partial charge in [-0.3, -0.25) is 4.79 Å². The minimum absolute atomic E-state index is 0.0547. The molecule has 34 heavy (non-hydrogen) atoms. The Kier molecular flexibility index (Phi) is 5.40. The molecule has 0 radical (unpaired) electrons. The second kappa shape index (κ2) is 8.41. The van der Waals surface area contributed by atoms with Crippen LogP contribution in [0.4, 0.5) is 0 Å². The zero-order valence-corrected chi connectivity index (χ0v) is 19.6. The SMILES string of the molecule is COc1ccc2[nH]cc(CCNC(=O)Cc3c(C)c4c(cc(C)c5c(C)coc54)oc3=O)c2c1. The van der Waals surface area contributed by atoms with Crippen LogP contribution in [-0.4, -0.2) is 24.5 Å². The van der Waals surface area contributed by atoms with E-state index in [0.29, 0.717) is 35.3 Å². The monoisotopic (exact) mass is 458 g/mol. The largest absolute Gasteiger partial charge is 0.497 e. The molecule has 1 amide bonds.